The van der Waals surface area contributed by atoms with Crippen molar-refractivity contribution in [1.29, 1.82) is 0 Å². The van der Waals surface area contributed by atoms with Gasteiger partial charge in [0, 0.05) is 11.4 Å². The summed E-state index contributed by atoms with van der Waals surface area (Å²) in [5, 5.41) is 2.01. The molecule has 2 N–H and O–H groups in total. The van der Waals surface area contributed by atoms with E-state index in [0.29, 0.717) is 17.9 Å². The molecule has 1 atom stereocenters. The fourth-order valence-electron chi connectivity index (χ4n) is 2.66. The lowest BCUT2D eigenvalue weighted by Gasteiger charge is -2.24. The van der Waals surface area contributed by atoms with E-state index in [0.717, 1.165) is 12.8 Å². The number of nitrogens with zero attached hydrogens (tertiary/aromatic N) is 1. The van der Waals surface area contributed by atoms with Crippen LogP contribution in [-0.2, 0) is 0 Å². The third-order valence-corrected chi connectivity index (χ3v) is 4.75. The smallest absolute Gasteiger partial charge is 0.336 e. The molecule has 0 spiro atoms. The average Bonchev–Trinajstić information content (AvgIpc) is 3.23. The van der Waals surface area contributed by atoms with E-state index in [4.69, 9.17) is 4.42 Å². The minimum absolute atomic E-state index is 0.0903. The van der Waals surface area contributed by atoms with E-state index in [2.05, 4.69) is 10.9 Å². The molecule has 0 aromatic carbocycles. The second kappa shape index (κ2) is 6.23. The zero-order valence-corrected chi connectivity index (χ0v) is 13.0. The molecule has 6 nitrogen and oxygen atoms in total. The SMILES string of the molecule is Cc1occc1C(=O)NNC(=O)N1CCC[C@H]1c1cccs1. The molecule has 2 aromatic rings. The number of nitrogens with one attached hydrogen (secondary N) is 2. The summed E-state index contributed by atoms with van der Waals surface area (Å²) in [7, 11) is 0. The fourth-order valence-corrected chi connectivity index (χ4v) is 3.53. The Balaban J connectivity index is 1.60. The lowest BCUT2D eigenvalue weighted by molar-refractivity contribution is 0.0927. The molecule has 0 bridgehead atoms. The minimum Gasteiger partial charge on any atom is -0.469 e. The van der Waals surface area contributed by atoms with Crippen molar-refractivity contribution >= 4 is 23.3 Å². The van der Waals surface area contributed by atoms with Crippen LogP contribution in [0.3, 0.4) is 0 Å². The number of urea groups is 1. The van der Waals surface area contributed by atoms with Crippen molar-refractivity contribution in [3.8, 4) is 0 Å². The quantitative estimate of drug-likeness (QED) is 0.836. The van der Waals surface area contributed by atoms with Gasteiger partial charge in [-0.15, -0.1) is 11.3 Å². The summed E-state index contributed by atoms with van der Waals surface area (Å²) >= 11 is 1.64. The number of rotatable bonds is 2. The van der Waals surface area contributed by atoms with Gasteiger partial charge in [0.05, 0.1) is 17.9 Å². The van der Waals surface area contributed by atoms with Crippen LogP contribution in [0.1, 0.15) is 39.9 Å². The highest BCUT2D eigenvalue weighted by Crippen LogP contribution is 2.34. The maximum atomic E-state index is 12.3. The number of hydrogen-bond acceptors (Lipinski definition) is 4. The lowest BCUT2D eigenvalue weighted by Crippen LogP contribution is -2.48. The molecule has 22 heavy (non-hydrogen) atoms. The van der Waals surface area contributed by atoms with E-state index in [9.17, 15) is 9.59 Å². The van der Waals surface area contributed by atoms with Crippen LogP contribution in [0, 0.1) is 6.92 Å². The Hall–Kier alpha value is -2.28. The van der Waals surface area contributed by atoms with E-state index in [1.807, 2.05) is 17.5 Å². The van der Waals surface area contributed by atoms with Gasteiger partial charge in [0.1, 0.15) is 5.76 Å². The van der Waals surface area contributed by atoms with Crippen molar-refractivity contribution in [2.45, 2.75) is 25.8 Å². The third kappa shape index (κ3) is 2.85. The Morgan fingerprint density at radius 1 is 1.36 bits per heavy atom. The highest BCUT2D eigenvalue weighted by molar-refractivity contribution is 7.10. The maximum Gasteiger partial charge on any atom is 0.336 e. The van der Waals surface area contributed by atoms with E-state index in [1.54, 1.807) is 29.2 Å². The lowest BCUT2D eigenvalue weighted by atomic mass is 10.2. The monoisotopic (exact) mass is 319 g/mol. The highest BCUT2D eigenvalue weighted by Gasteiger charge is 2.30. The first-order valence-corrected chi connectivity index (χ1v) is 7.99. The van der Waals surface area contributed by atoms with Crippen molar-refractivity contribution in [3.05, 3.63) is 46.0 Å². The maximum absolute atomic E-state index is 12.3. The van der Waals surface area contributed by atoms with Gasteiger partial charge >= 0.3 is 6.03 Å². The molecule has 3 rings (SSSR count). The van der Waals surface area contributed by atoms with Gasteiger partial charge in [-0.2, -0.15) is 0 Å². The molecule has 3 amide bonds. The van der Waals surface area contributed by atoms with E-state index < -0.39 is 0 Å². The van der Waals surface area contributed by atoms with E-state index in [1.165, 1.54) is 11.1 Å². The Kier molecular flexibility index (Phi) is 4.15. The first-order chi connectivity index (χ1) is 10.7. The molecular formula is C15H17N3O3S. The van der Waals surface area contributed by atoms with Crippen molar-refractivity contribution in [2.24, 2.45) is 0 Å². The molecule has 116 valence electrons. The van der Waals surface area contributed by atoms with Crippen LogP contribution < -0.4 is 10.9 Å². The van der Waals surface area contributed by atoms with Crippen molar-refractivity contribution in [1.82, 2.24) is 15.8 Å². The van der Waals surface area contributed by atoms with E-state index >= 15 is 0 Å². The number of aryl methyl sites for hydroxylation is 1. The summed E-state index contributed by atoms with van der Waals surface area (Å²) in [5.74, 6) is 0.135. The van der Waals surface area contributed by atoms with Gasteiger partial charge in [-0.3, -0.25) is 10.2 Å². The fraction of sp³-hybridized carbons (Fsp3) is 0.333. The molecule has 1 fully saturated rings. The standard InChI is InChI=1S/C15H17N3O3S/c1-10-11(6-8-21-10)14(19)16-17-15(20)18-7-2-4-12(18)13-5-3-9-22-13/h3,5-6,8-9,12H,2,4,7H2,1H3,(H,16,19)(H,17,20)/t12-/m0/s1. The zero-order chi connectivity index (χ0) is 15.5. The van der Waals surface area contributed by atoms with Crippen molar-refractivity contribution in [2.75, 3.05) is 6.54 Å². The van der Waals surface area contributed by atoms with E-state index in [-0.39, 0.29) is 18.0 Å². The Bertz CT molecular complexity index is 665. The van der Waals surface area contributed by atoms with Crippen molar-refractivity contribution in [3.63, 3.8) is 0 Å². The normalized spacial score (nSPS) is 17.5. The summed E-state index contributed by atoms with van der Waals surface area (Å²) in [6.07, 6.45) is 3.35. The van der Waals surface area contributed by atoms with Gasteiger partial charge in [0.2, 0.25) is 0 Å². The molecule has 0 aliphatic carbocycles. The molecule has 7 heteroatoms. The molecule has 0 saturated carbocycles. The van der Waals surface area contributed by atoms with Crippen LogP contribution in [0.25, 0.3) is 0 Å². The topological polar surface area (TPSA) is 74.6 Å². The second-order valence-corrected chi connectivity index (χ2v) is 6.12. The Morgan fingerprint density at radius 2 is 2.23 bits per heavy atom. The highest BCUT2D eigenvalue weighted by atomic mass is 32.1. The molecule has 1 aliphatic heterocycles. The number of hydrazine groups is 1. The first kappa shape index (κ1) is 14.6. The van der Waals surface area contributed by atoms with Crippen LogP contribution in [-0.4, -0.2) is 23.4 Å². The summed E-state index contributed by atoms with van der Waals surface area (Å²) < 4.78 is 5.08. The molecular weight excluding hydrogens is 302 g/mol. The molecule has 0 unspecified atom stereocenters. The van der Waals surface area contributed by atoms with Crippen LogP contribution in [0.5, 0.6) is 0 Å². The second-order valence-electron chi connectivity index (χ2n) is 5.14. The summed E-state index contributed by atoms with van der Waals surface area (Å²) in [5.41, 5.74) is 5.33. The van der Waals surface area contributed by atoms with Crippen LogP contribution in [0.4, 0.5) is 4.79 Å². The average molecular weight is 319 g/mol. The number of carbonyl (C=O) groups is 2. The number of hydrogen-bond donors (Lipinski definition) is 2. The number of thiophene rings is 1. The number of carbonyl (C=O) groups excluding carboxylic acids is 2. The number of amides is 3. The Morgan fingerprint density at radius 3 is 2.91 bits per heavy atom. The summed E-state index contributed by atoms with van der Waals surface area (Å²) in [6.45, 7) is 2.39. The predicted molar refractivity (Wildman–Crippen MR) is 82.4 cm³/mol. The van der Waals surface area contributed by atoms with Gasteiger partial charge in [-0.1, -0.05) is 6.07 Å². The molecule has 1 aliphatic rings. The minimum atomic E-state index is -0.383. The Labute approximate surface area is 132 Å². The van der Waals surface area contributed by atoms with Gasteiger partial charge in [0.25, 0.3) is 5.91 Å². The molecule has 3 heterocycles. The third-order valence-electron chi connectivity index (χ3n) is 3.77. The van der Waals surface area contributed by atoms with Crippen LogP contribution in [0.15, 0.2) is 34.3 Å². The van der Waals surface area contributed by atoms with Crippen LogP contribution in [0.2, 0.25) is 0 Å². The first-order valence-electron chi connectivity index (χ1n) is 7.11. The summed E-state index contributed by atoms with van der Waals surface area (Å²) in [6, 6.07) is 5.39. The van der Waals surface area contributed by atoms with Gasteiger partial charge in [-0.05, 0) is 37.3 Å². The predicted octanol–water partition coefficient (Wildman–Crippen LogP) is 2.84. The summed E-state index contributed by atoms with van der Waals surface area (Å²) in [4.78, 5) is 27.2. The number of furan rings is 1. The van der Waals surface area contributed by atoms with Crippen molar-refractivity contribution < 1.29 is 14.0 Å². The number of likely N-dealkylation sites (tertiary alicyclic amines) is 1. The van der Waals surface area contributed by atoms with Gasteiger partial charge < -0.3 is 9.32 Å². The van der Waals surface area contributed by atoms with Crippen LogP contribution >= 0.6 is 11.3 Å². The molecule has 1 saturated heterocycles. The van der Waals surface area contributed by atoms with Gasteiger partial charge in [-0.25, -0.2) is 10.2 Å². The zero-order valence-electron chi connectivity index (χ0n) is 12.2. The molecule has 2 aromatic heterocycles. The molecule has 0 radical (unpaired) electrons. The largest absolute Gasteiger partial charge is 0.469 e. The van der Waals surface area contributed by atoms with Gasteiger partial charge in [0.15, 0.2) is 0 Å².